The SMILES string of the molecule is CCC1(c2ccccc2)NC(=O)N(CC(=O)OCC(=O)c2ccc(C(C)C)cc2)C1=O. The summed E-state index contributed by atoms with van der Waals surface area (Å²) in [6.45, 7) is 4.88. The standard InChI is InChI=1S/C24H26N2O5/c1-4-24(19-8-6-5-7-9-19)22(29)26(23(30)25-24)14-21(28)31-15-20(27)18-12-10-17(11-13-18)16(2)3/h5-13,16H,4,14-15H2,1-3H3,(H,25,30). The first-order valence-corrected chi connectivity index (χ1v) is 10.3. The monoisotopic (exact) mass is 422 g/mol. The van der Waals surface area contributed by atoms with E-state index in [0.717, 1.165) is 10.5 Å². The number of carbonyl (C=O) groups is 4. The molecule has 2 aromatic rings. The molecule has 1 unspecified atom stereocenters. The number of amides is 3. The smallest absolute Gasteiger partial charge is 0.326 e. The van der Waals surface area contributed by atoms with Gasteiger partial charge in [0, 0.05) is 5.56 Å². The van der Waals surface area contributed by atoms with Gasteiger partial charge in [-0.25, -0.2) is 4.79 Å². The van der Waals surface area contributed by atoms with Crippen LogP contribution in [0.15, 0.2) is 54.6 Å². The third-order valence-electron chi connectivity index (χ3n) is 5.52. The van der Waals surface area contributed by atoms with E-state index in [0.29, 0.717) is 23.5 Å². The van der Waals surface area contributed by atoms with Crippen LogP contribution in [0.25, 0.3) is 0 Å². The second kappa shape index (κ2) is 9.12. The fourth-order valence-corrected chi connectivity index (χ4v) is 3.59. The Kier molecular flexibility index (Phi) is 6.53. The van der Waals surface area contributed by atoms with E-state index in [4.69, 9.17) is 4.74 Å². The molecule has 7 nitrogen and oxygen atoms in total. The molecule has 3 rings (SSSR count). The predicted molar refractivity (Wildman–Crippen MR) is 114 cm³/mol. The Balaban J connectivity index is 1.62. The van der Waals surface area contributed by atoms with E-state index in [1.54, 1.807) is 43.3 Å². The van der Waals surface area contributed by atoms with Crippen molar-refractivity contribution in [1.82, 2.24) is 10.2 Å². The van der Waals surface area contributed by atoms with Crippen LogP contribution in [0, 0.1) is 0 Å². The molecule has 0 spiro atoms. The lowest BCUT2D eigenvalue weighted by Gasteiger charge is -2.25. The van der Waals surface area contributed by atoms with Gasteiger partial charge in [0.1, 0.15) is 12.1 Å². The van der Waals surface area contributed by atoms with Gasteiger partial charge in [0.25, 0.3) is 5.91 Å². The number of ketones is 1. The van der Waals surface area contributed by atoms with E-state index in [9.17, 15) is 19.2 Å². The molecule has 0 bridgehead atoms. The Bertz CT molecular complexity index is 985. The van der Waals surface area contributed by atoms with Crippen LogP contribution in [-0.4, -0.2) is 41.7 Å². The van der Waals surface area contributed by atoms with E-state index < -0.39 is 36.6 Å². The molecule has 0 aliphatic carbocycles. The molecule has 1 fully saturated rings. The third kappa shape index (κ3) is 4.50. The van der Waals surface area contributed by atoms with Crippen LogP contribution < -0.4 is 5.32 Å². The summed E-state index contributed by atoms with van der Waals surface area (Å²) in [7, 11) is 0. The maximum absolute atomic E-state index is 13.0. The minimum absolute atomic E-state index is 0.331. The molecule has 0 aromatic heterocycles. The Morgan fingerprint density at radius 2 is 1.68 bits per heavy atom. The largest absolute Gasteiger partial charge is 0.456 e. The maximum Gasteiger partial charge on any atom is 0.326 e. The fraction of sp³-hybridized carbons (Fsp3) is 0.333. The Morgan fingerprint density at radius 3 is 2.26 bits per heavy atom. The molecule has 1 saturated heterocycles. The van der Waals surface area contributed by atoms with E-state index in [1.807, 2.05) is 18.2 Å². The summed E-state index contributed by atoms with van der Waals surface area (Å²) in [6.07, 6.45) is 0.331. The lowest BCUT2D eigenvalue weighted by molar-refractivity contribution is -0.147. The van der Waals surface area contributed by atoms with E-state index in [-0.39, 0.29) is 5.78 Å². The van der Waals surface area contributed by atoms with Gasteiger partial charge in [-0.2, -0.15) is 0 Å². The van der Waals surface area contributed by atoms with Crippen molar-refractivity contribution >= 4 is 23.7 Å². The Labute approximate surface area is 181 Å². The van der Waals surface area contributed by atoms with Crippen LogP contribution in [0.2, 0.25) is 0 Å². The zero-order valence-corrected chi connectivity index (χ0v) is 17.9. The number of benzene rings is 2. The summed E-state index contributed by atoms with van der Waals surface area (Å²) >= 11 is 0. The van der Waals surface area contributed by atoms with E-state index >= 15 is 0 Å². The number of ether oxygens (including phenoxy) is 1. The van der Waals surface area contributed by atoms with Gasteiger partial charge in [0.15, 0.2) is 12.4 Å². The minimum atomic E-state index is -1.22. The number of esters is 1. The highest BCUT2D eigenvalue weighted by Gasteiger charge is 2.51. The number of rotatable bonds is 8. The first-order valence-electron chi connectivity index (χ1n) is 10.3. The van der Waals surface area contributed by atoms with Crippen molar-refractivity contribution in [3.05, 3.63) is 71.3 Å². The number of urea groups is 1. The Morgan fingerprint density at radius 1 is 1.03 bits per heavy atom. The molecule has 31 heavy (non-hydrogen) atoms. The molecule has 2 aromatic carbocycles. The minimum Gasteiger partial charge on any atom is -0.456 e. The van der Waals surface area contributed by atoms with Crippen molar-refractivity contribution in [1.29, 1.82) is 0 Å². The van der Waals surface area contributed by atoms with Crippen LogP contribution >= 0.6 is 0 Å². The highest BCUT2D eigenvalue weighted by atomic mass is 16.5. The normalized spacial score (nSPS) is 18.3. The number of nitrogens with one attached hydrogen (secondary N) is 1. The highest BCUT2D eigenvalue weighted by Crippen LogP contribution is 2.32. The molecule has 1 atom stereocenters. The molecule has 1 heterocycles. The van der Waals surface area contributed by atoms with Crippen LogP contribution in [0.1, 0.15) is 54.6 Å². The van der Waals surface area contributed by atoms with Gasteiger partial charge in [-0.15, -0.1) is 0 Å². The van der Waals surface area contributed by atoms with Gasteiger partial charge in [-0.1, -0.05) is 75.4 Å². The molecule has 162 valence electrons. The summed E-state index contributed by atoms with van der Waals surface area (Å²) in [5.74, 6) is -1.35. The van der Waals surface area contributed by atoms with Gasteiger partial charge in [-0.05, 0) is 23.5 Å². The molecule has 1 N–H and O–H groups in total. The van der Waals surface area contributed by atoms with E-state index in [2.05, 4.69) is 19.2 Å². The number of nitrogens with zero attached hydrogens (tertiary/aromatic N) is 1. The number of imide groups is 1. The quantitative estimate of drug-likeness (QED) is 0.400. The molecular weight excluding hydrogens is 396 g/mol. The number of carbonyl (C=O) groups excluding carboxylic acids is 4. The second-order valence-corrected chi connectivity index (χ2v) is 7.81. The summed E-state index contributed by atoms with van der Waals surface area (Å²) in [5, 5.41) is 2.71. The van der Waals surface area contributed by atoms with Crippen LogP contribution in [0.5, 0.6) is 0 Å². The summed E-state index contributed by atoms with van der Waals surface area (Å²) < 4.78 is 5.04. The van der Waals surface area contributed by atoms with Crippen molar-refractivity contribution in [2.75, 3.05) is 13.2 Å². The van der Waals surface area contributed by atoms with Gasteiger partial charge >= 0.3 is 12.0 Å². The molecule has 3 amide bonds. The molecular formula is C24H26N2O5. The van der Waals surface area contributed by atoms with Crippen LogP contribution in [0.4, 0.5) is 4.79 Å². The molecule has 1 aliphatic heterocycles. The van der Waals surface area contributed by atoms with Crippen molar-refractivity contribution in [3.63, 3.8) is 0 Å². The van der Waals surface area contributed by atoms with Gasteiger partial charge in [0.2, 0.25) is 0 Å². The number of hydrogen-bond donors (Lipinski definition) is 1. The van der Waals surface area contributed by atoms with Gasteiger partial charge in [-0.3, -0.25) is 19.3 Å². The maximum atomic E-state index is 13.0. The molecule has 0 saturated carbocycles. The first-order chi connectivity index (χ1) is 14.8. The van der Waals surface area contributed by atoms with Crippen molar-refractivity contribution in [2.45, 2.75) is 38.6 Å². The molecule has 1 aliphatic rings. The van der Waals surface area contributed by atoms with Gasteiger partial charge in [0.05, 0.1) is 0 Å². The second-order valence-electron chi connectivity index (χ2n) is 7.81. The zero-order valence-electron chi connectivity index (χ0n) is 17.9. The highest BCUT2D eigenvalue weighted by molar-refractivity contribution is 6.09. The lowest BCUT2D eigenvalue weighted by Crippen LogP contribution is -2.44. The fourth-order valence-electron chi connectivity index (χ4n) is 3.59. The number of hydrogen-bond acceptors (Lipinski definition) is 5. The lowest BCUT2D eigenvalue weighted by atomic mass is 9.87. The topological polar surface area (TPSA) is 92.8 Å². The average molecular weight is 422 g/mol. The van der Waals surface area contributed by atoms with Crippen LogP contribution in [-0.2, 0) is 19.9 Å². The first kappa shape index (κ1) is 22.2. The summed E-state index contributed by atoms with van der Waals surface area (Å²) in [4.78, 5) is 50.8. The number of Topliss-reactive ketones (excluding diaryl/α,β-unsaturated/α-hetero) is 1. The average Bonchev–Trinajstić information content (AvgIpc) is 3.03. The molecule has 0 radical (unpaired) electrons. The predicted octanol–water partition coefficient (Wildman–Crippen LogP) is 3.39. The van der Waals surface area contributed by atoms with Crippen LogP contribution in [0.3, 0.4) is 0 Å². The molecule has 7 heteroatoms. The summed E-state index contributed by atoms with van der Waals surface area (Å²) in [5.41, 5.74) is 0.963. The zero-order chi connectivity index (χ0) is 22.6. The third-order valence-corrected chi connectivity index (χ3v) is 5.52. The van der Waals surface area contributed by atoms with Gasteiger partial charge < -0.3 is 10.1 Å². The van der Waals surface area contributed by atoms with Crippen molar-refractivity contribution in [2.24, 2.45) is 0 Å². The van der Waals surface area contributed by atoms with E-state index in [1.165, 1.54) is 0 Å². The summed E-state index contributed by atoms with van der Waals surface area (Å²) in [6, 6.07) is 15.3. The van der Waals surface area contributed by atoms with Crippen molar-refractivity contribution < 1.29 is 23.9 Å². The van der Waals surface area contributed by atoms with Crippen molar-refractivity contribution in [3.8, 4) is 0 Å². The Hall–Kier alpha value is -3.48.